The molecule has 0 aliphatic rings. The number of methoxy groups -OCH3 is 2. The second kappa shape index (κ2) is 8.81. The number of rotatable bonds is 7. The van der Waals surface area contributed by atoms with E-state index in [2.05, 4.69) is 25.6 Å². The van der Waals surface area contributed by atoms with Crippen LogP contribution in [0.2, 0.25) is 0 Å². The van der Waals surface area contributed by atoms with Gasteiger partial charge >= 0.3 is 5.97 Å². The Morgan fingerprint density at radius 3 is 2.61 bits per heavy atom. The summed E-state index contributed by atoms with van der Waals surface area (Å²) in [7, 11) is 2.90. The molecule has 0 aliphatic heterocycles. The van der Waals surface area contributed by atoms with Crippen molar-refractivity contribution < 1.29 is 14.3 Å². The van der Waals surface area contributed by atoms with Crippen LogP contribution < -0.4 is 15.4 Å². The first kappa shape index (κ1) is 19.1. The zero-order valence-electron chi connectivity index (χ0n) is 15.9. The van der Waals surface area contributed by atoms with Crippen LogP contribution in [-0.4, -0.2) is 41.7 Å². The van der Waals surface area contributed by atoms with Gasteiger partial charge in [0.05, 0.1) is 36.9 Å². The molecule has 0 radical (unpaired) electrons. The van der Waals surface area contributed by atoms with Crippen molar-refractivity contribution in [2.24, 2.45) is 0 Å². The first-order valence-electron chi connectivity index (χ1n) is 8.72. The van der Waals surface area contributed by atoms with Gasteiger partial charge in [0.2, 0.25) is 5.95 Å². The molecule has 1 aromatic carbocycles. The molecule has 0 saturated heterocycles. The topological polar surface area (TPSA) is 98.3 Å². The van der Waals surface area contributed by atoms with Crippen molar-refractivity contribution in [2.75, 3.05) is 31.4 Å². The zero-order chi connectivity index (χ0) is 19.9. The Bertz CT molecular complexity index is 963. The maximum Gasteiger partial charge on any atom is 0.337 e. The molecule has 144 valence electrons. The average molecular weight is 379 g/mol. The molecule has 3 aromatic rings. The molecule has 0 amide bonds. The molecular weight excluding hydrogens is 358 g/mol. The van der Waals surface area contributed by atoms with Crippen molar-refractivity contribution in [3.05, 3.63) is 54.2 Å². The number of carbonyl (C=O) groups excluding carboxylic acids is 1. The van der Waals surface area contributed by atoms with Crippen molar-refractivity contribution in [1.82, 2.24) is 15.0 Å². The van der Waals surface area contributed by atoms with Gasteiger partial charge in [0, 0.05) is 18.8 Å². The predicted octanol–water partition coefficient (Wildman–Crippen LogP) is 3.51. The average Bonchev–Trinajstić information content (AvgIpc) is 2.74. The fourth-order valence-corrected chi connectivity index (χ4v) is 2.58. The van der Waals surface area contributed by atoms with Crippen LogP contribution in [0.4, 0.5) is 17.5 Å². The van der Waals surface area contributed by atoms with Gasteiger partial charge in [0.15, 0.2) is 0 Å². The third-order valence-corrected chi connectivity index (χ3v) is 3.87. The van der Waals surface area contributed by atoms with E-state index in [0.29, 0.717) is 41.0 Å². The SMILES string of the molecule is CCNc1nc(Nc2cc(C(=O)OC)ccc2OC)cc(-c2ccccn2)n1. The van der Waals surface area contributed by atoms with E-state index in [-0.39, 0.29) is 0 Å². The van der Waals surface area contributed by atoms with Crippen LogP contribution in [0.25, 0.3) is 11.4 Å². The van der Waals surface area contributed by atoms with Crippen molar-refractivity contribution in [1.29, 1.82) is 0 Å². The summed E-state index contributed by atoms with van der Waals surface area (Å²) in [6, 6.07) is 12.4. The number of esters is 1. The summed E-state index contributed by atoms with van der Waals surface area (Å²) < 4.78 is 10.2. The molecule has 0 bridgehead atoms. The van der Waals surface area contributed by atoms with Gasteiger partial charge in [0.1, 0.15) is 11.6 Å². The van der Waals surface area contributed by atoms with Crippen LogP contribution in [0.1, 0.15) is 17.3 Å². The van der Waals surface area contributed by atoms with Crippen molar-refractivity contribution in [3.8, 4) is 17.1 Å². The van der Waals surface area contributed by atoms with Crippen LogP contribution in [0.5, 0.6) is 5.75 Å². The minimum absolute atomic E-state index is 0.400. The Labute approximate surface area is 163 Å². The maximum absolute atomic E-state index is 11.9. The smallest absolute Gasteiger partial charge is 0.337 e. The van der Waals surface area contributed by atoms with E-state index in [1.54, 1.807) is 37.6 Å². The van der Waals surface area contributed by atoms with Crippen LogP contribution in [-0.2, 0) is 4.74 Å². The molecule has 0 saturated carbocycles. The lowest BCUT2D eigenvalue weighted by Crippen LogP contribution is -2.07. The summed E-state index contributed by atoms with van der Waals surface area (Å²) in [5.74, 6) is 1.13. The predicted molar refractivity (Wildman–Crippen MR) is 107 cm³/mol. The quantitative estimate of drug-likeness (QED) is 0.602. The molecule has 28 heavy (non-hydrogen) atoms. The lowest BCUT2D eigenvalue weighted by atomic mass is 10.2. The highest BCUT2D eigenvalue weighted by molar-refractivity contribution is 5.91. The monoisotopic (exact) mass is 379 g/mol. The van der Waals surface area contributed by atoms with Gasteiger partial charge in [-0.3, -0.25) is 4.98 Å². The van der Waals surface area contributed by atoms with E-state index in [1.165, 1.54) is 7.11 Å². The number of pyridine rings is 1. The summed E-state index contributed by atoms with van der Waals surface area (Å²) in [5, 5.41) is 6.32. The largest absolute Gasteiger partial charge is 0.495 e. The number of anilines is 3. The fourth-order valence-electron chi connectivity index (χ4n) is 2.58. The molecule has 8 heteroatoms. The number of hydrogen-bond acceptors (Lipinski definition) is 8. The Morgan fingerprint density at radius 1 is 1.07 bits per heavy atom. The third kappa shape index (κ3) is 4.35. The molecule has 3 rings (SSSR count). The number of benzene rings is 1. The second-order valence-corrected chi connectivity index (χ2v) is 5.74. The molecule has 0 aliphatic carbocycles. The standard InChI is InChI=1S/C20H21N5O3/c1-4-21-20-24-15(14-7-5-6-10-22-14)12-18(25-20)23-16-11-13(19(26)28-3)8-9-17(16)27-2/h5-12H,4H2,1-3H3,(H2,21,23,24,25). The number of ether oxygens (including phenoxy) is 2. The summed E-state index contributed by atoms with van der Waals surface area (Å²) in [6.07, 6.45) is 1.71. The first-order chi connectivity index (χ1) is 13.6. The Hall–Kier alpha value is -3.68. The van der Waals surface area contributed by atoms with Gasteiger partial charge in [-0.15, -0.1) is 0 Å². The van der Waals surface area contributed by atoms with Crippen LogP contribution >= 0.6 is 0 Å². The normalized spacial score (nSPS) is 10.2. The van der Waals surface area contributed by atoms with Crippen LogP contribution in [0.3, 0.4) is 0 Å². The van der Waals surface area contributed by atoms with Crippen LogP contribution in [0, 0.1) is 0 Å². The van der Waals surface area contributed by atoms with Crippen molar-refractivity contribution >= 4 is 23.4 Å². The number of carbonyl (C=O) groups is 1. The Balaban J connectivity index is 2.01. The van der Waals surface area contributed by atoms with E-state index < -0.39 is 5.97 Å². The number of nitrogens with one attached hydrogen (secondary N) is 2. The van der Waals surface area contributed by atoms with Gasteiger partial charge < -0.3 is 20.1 Å². The van der Waals surface area contributed by atoms with E-state index in [1.807, 2.05) is 25.1 Å². The minimum Gasteiger partial charge on any atom is -0.495 e. The summed E-state index contributed by atoms with van der Waals surface area (Å²) in [4.78, 5) is 25.2. The third-order valence-electron chi connectivity index (χ3n) is 3.87. The van der Waals surface area contributed by atoms with Crippen molar-refractivity contribution in [3.63, 3.8) is 0 Å². The molecule has 0 unspecified atom stereocenters. The summed E-state index contributed by atoms with van der Waals surface area (Å²) in [5.41, 5.74) is 2.37. The van der Waals surface area contributed by atoms with Crippen molar-refractivity contribution in [2.45, 2.75) is 6.92 Å². The number of hydrogen-bond donors (Lipinski definition) is 2. The Morgan fingerprint density at radius 2 is 1.93 bits per heavy atom. The lowest BCUT2D eigenvalue weighted by molar-refractivity contribution is 0.0600. The van der Waals surface area contributed by atoms with E-state index in [0.717, 1.165) is 5.69 Å². The molecule has 2 N–H and O–H groups in total. The molecule has 2 heterocycles. The van der Waals surface area contributed by atoms with Gasteiger partial charge in [-0.2, -0.15) is 4.98 Å². The number of nitrogens with zero attached hydrogens (tertiary/aromatic N) is 3. The molecule has 0 atom stereocenters. The van der Waals surface area contributed by atoms with Gasteiger partial charge in [-0.05, 0) is 37.3 Å². The number of aromatic nitrogens is 3. The minimum atomic E-state index is -0.434. The molecule has 0 spiro atoms. The molecular formula is C20H21N5O3. The Kier molecular flexibility index (Phi) is 6.01. The van der Waals surface area contributed by atoms with E-state index in [9.17, 15) is 4.79 Å². The lowest BCUT2D eigenvalue weighted by Gasteiger charge is -2.14. The van der Waals surface area contributed by atoms with Crippen LogP contribution in [0.15, 0.2) is 48.7 Å². The van der Waals surface area contributed by atoms with E-state index >= 15 is 0 Å². The van der Waals surface area contributed by atoms with Gasteiger partial charge in [-0.1, -0.05) is 6.07 Å². The maximum atomic E-state index is 11.9. The summed E-state index contributed by atoms with van der Waals surface area (Å²) in [6.45, 7) is 2.64. The molecule has 8 nitrogen and oxygen atoms in total. The fraction of sp³-hybridized carbons (Fsp3) is 0.200. The summed E-state index contributed by atoms with van der Waals surface area (Å²) >= 11 is 0. The van der Waals surface area contributed by atoms with E-state index in [4.69, 9.17) is 9.47 Å². The highest BCUT2D eigenvalue weighted by Gasteiger charge is 2.13. The zero-order valence-corrected chi connectivity index (χ0v) is 15.9. The first-order valence-corrected chi connectivity index (χ1v) is 8.72. The van der Waals surface area contributed by atoms with Gasteiger partial charge in [0.25, 0.3) is 0 Å². The second-order valence-electron chi connectivity index (χ2n) is 5.74. The highest BCUT2D eigenvalue weighted by Crippen LogP contribution is 2.30. The molecule has 0 fully saturated rings. The van der Waals surface area contributed by atoms with Gasteiger partial charge in [-0.25, -0.2) is 9.78 Å². The highest BCUT2D eigenvalue weighted by atomic mass is 16.5. The molecule has 2 aromatic heterocycles.